The molecule has 3 aromatic rings. The fourth-order valence-corrected chi connectivity index (χ4v) is 5.75. The molecule has 2 N–H and O–H groups in total. The number of hydrogen-bond acceptors (Lipinski definition) is 6. The molecule has 0 bridgehead atoms. The second-order valence-corrected chi connectivity index (χ2v) is 9.20. The van der Waals surface area contributed by atoms with Crippen molar-refractivity contribution in [3.05, 3.63) is 16.3 Å². The Labute approximate surface area is 153 Å². The predicted octanol–water partition coefficient (Wildman–Crippen LogP) is 2.92. The van der Waals surface area contributed by atoms with E-state index in [-0.39, 0.29) is 11.7 Å². The Hall–Kier alpha value is -1.67. The molecule has 3 aromatic heterocycles. The minimum atomic E-state index is -0.342. The summed E-state index contributed by atoms with van der Waals surface area (Å²) in [6.07, 6.45) is 5.76. The SMILES string of the molecule is C[C@@H]1CCc2c(sc3nc(C4CC4)n4c(SCC(N)=O)nnc4c23)C1. The molecule has 1 amide bonds. The van der Waals surface area contributed by atoms with Crippen molar-refractivity contribution in [1.82, 2.24) is 19.6 Å². The number of carbonyl (C=O) groups excluding carboxylic acids is 1. The minimum Gasteiger partial charge on any atom is -0.369 e. The molecule has 6 nitrogen and oxygen atoms in total. The topological polar surface area (TPSA) is 86.2 Å². The Kier molecular flexibility index (Phi) is 3.53. The fourth-order valence-electron chi connectivity index (χ4n) is 3.68. The third kappa shape index (κ3) is 2.54. The number of carbonyl (C=O) groups is 1. The van der Waals surface area contributed by atoms with Gasteiger partial charge in [-0.3, -0.25) is 9.20 Å². The third-order valence-electron chi connectivity index (χ3n) is 5.08. The van der Waals surface area contributed by atoms with E-state index in [1.165, 1.54) is 34.0 Å². The van der Waals surface area contributed by atoms with E-state index in [1.807, 2.05) is 11.3 Å². The zero-order valence-corrected chi connectivity index (χ0v) is 15.6. The first-order chi connectivity index (χ1) is 12.1. The molecule has 0 radical (unpaired) electrons. The number of aromatic nitrogens is 4. The Morgan fingerprint density at radius 3 is 2.96 bits per heavy atom. The van der Waals surface area contributed by atoms with Crippen LogP contribution in [0.1, 0.15) is 48.4 Å². The molecule has 0 aromatic carbocycles. The van der Waals surface area contributed by atoms with Gasteiger partial charge in [0.2, 0.25) is 5.91 Å². The van der Waals surface area contributed by atoms with E-state index in [9.17, 15) is 4.79 Å². The molecule has 3 heterocycles. The lowest BCUT2D eigenvalue weighted by atomic mass is 9.89. The highest BCUT2D eigenvalue weighted by Gasteiger charge is 2.32. The van der Waals surface area contributed by atoms with Crippen molar-refractivity contribution in [3.8, 4) is 0 Å². The first kappa shape index (κ1) is 15.6. The predicted molar refractivity (Wildman–Crippen MR) is 99.2 cm³/mol. The molecule has 1 saturated carbocycles. The van der Waals surface area contributed by atoms with Gasteiger partial charge in [0.25, 0.3) is 0 Å². The Bertz CT molecular complexity index is 1000. The van der Waals surface area contributed by atoms with Gasteiger partial charge in [0.1, 0.15) is 10.7 Å². The van der Waals surface area contributed by atoms with Crippen LogP contribution in [0.4, 0.5) is 0 Å². The van der Waals surface area contributed by atoms with Crippen molar-refractivity contribution in [3.63, 3.8) is 0 Å². The Morgan fingerprint density at radius 2 is 2.20 bits per heavy atom. The molecular formula is C17H19N5OS2. The quantitative estimate of drug-likeness (QED) is 0.711. The van der Waals surface area contributed by atoms with Crippen LogP contribution in [-0.4, -0.2) is 31.2 Å². The lowest BCUT2D eigenvalue weighted by Gasteiger charge is -2.17. The average molecular weight is 374 g/mol. The summed E-state index contributed by atoms with van der Waals surface area (Å²) < 4.78 is 2.08. The normalized spacial score (nSPS) is 20.3. The standard InChI is InChI=1S/C17H19N5OS2/c1-8-2-5-10-11(6-8)25-16-13(10)15-20-21-17(24-7-12(18)23)22(15)14(19-16)9-3-4-9/h8-9H,2-7H2,1H3,(H2,18,23)/t8-/m1/s1. The summed E-state index contributed by atoms with van der Waals surface area (Å²) in [4.78, 5) is 18.8. The van der Waals surface area contributed by atoms with Gasteiger partial charge in [-0.05, 0) is 43.6 Å². The summed E-state index contributed by atoms with van der Waals surface area (Å²) in [5.41, 5.74) is 7.63. The summed E-state index contributed by atoms with van der Waals surface area (Å²) >= 11 is 3.18. The molecule has 0 saturated heterocycles. The third-order valence-corrected chi connectivity index (χ3v) is 7.18. The van der Waals surface area contributed by atoms with Gasteiger partial charge in [0, 0.05) is 10.8 Å². The van der Waals surface area contributed by atoms with Crippen molar-refractivity contribution >= 4 is 44.9 Å². The number of nitrogens with zero attached hydrogens (tertiary/aromatic N) is 4. The first-order valence-electron chi connectivity index (χ1n) is 8.72. The lowest BCUT2D eigenvalue weighted by Crippen LogP contribution is -2.13. The maximum Gasteiger partial charge on any atom is 0.227 e. The number of thioether (sulfide) groups is 1. The number of amides is 1. The number of primary amides is 1. The molecule has 2 aliphatic rings. The van der Waals surface area contributed by atoms with Gasteiger partial charge in [-0.1, -0.05) is 18.7 Å². The van der Waals surface area contributed by atoms with Gasteiger partial charge in [-0.25, -0.2) is 4.98 Å². The number of fused-ring (bicyclic) bond motifs is 5. The average Bonchev–Trinajstić information content (AvgIpc) is 3.23. The molecule has 1 atom stereocenters. The molecule has 8 heteroatoms. The van der Waals surface area contributed by atoms with Crippen molar-refractivity contribution in [2.45, 2.75) is 50.1 Å². The van der Waals surface area contributed by atoms with Gasteiger partial charge >= 0.3 is 0 Å². The summed E-state index contributed by atoms with van der Waals surface area (Å²) in [6, 6.07) is 0. The lowest BCUT2D eigenvalue weighted by molar-refractivity contribution is -0.115. The van der Waals surface area contributed by atoms with Gasteiger partial charge in [-0.2, -0.15) is 0 Å². The van der Waals surface area contributed by atoms with Gasteiger partial charge in [0.05, 0.1) is 11.1 Å². The van der Waals surface area contributed by atoms with Gasteiger partial charge in [0.15, 0.2) is 10.8 Å². The molecule has 0 aliphatic heterocycles. The molecule has 0 spiro atoms. The molecule has 0 unspecified atom stereocenters. The highest BCUT2D eigenvalue weighted by atomic mass is 32.2. The molecule has 130 valence electrons. The fraction of sp³-hybridized carbons (Fsp3) is 0.529. The zero-order chi connectivity index (χ0) is 17.1. The number of aryl methyl sites for hydroxylation is 1. The minimum absolute atomic E-state index is 0.211. The second kappa shape index (κ2) is 5.67. The van der Waals surface area contributed by atoms with Crippen LogP contribution in [0, 0.1) is 5.92 Å². The van der Waals surface area contributed by atoms with E-state index in [4.69, 9.17) is 10.7 Å². The summed E-state index contributed by atoms with van der Waals surface area (Å²) in [7, 11) is 0. The smallest absolute Gasteiger partial charge is 0.227 e. The molecule has 2 aliphatic carbocycles. The maximum atomic E-state index is 11.2. The largest absolute Gasteiger partial charge is 0.369 e. The Balaban J connectivity index is 1.75. The number of rotatable bonds is 4. The van der Waals surface area contributed by atoms with E-state index in [0.29, 0.717) is 5.92 Å². The van der Waals surface area contributed by atoms with Crippen LogP contribution in [0.5, 0.6) is 0 Å². The van der Waals surface area contributed by atoms with Crippen LogP contribution in [0.25, 0.3) is 15.9 Å². The van der Waals surface area contributed by atoms with Gasteiger partial charge < -0.3 is 5.73 Å². The summed E-state index contributed by atoms with van der Waals surface area (Å²) in [5, 5.41) is 10.8. The van der Waals surface area contributed by atoms with E-state index in [2.05, 4.69) is 21.5 Å². The maximum absolute atomic E-state index is 11.2. The molecule has 25 heavy (non-hydrogen) atoms. The van der Waals surface area contributed by atoms with Crippen molar-refractivity contribution in [2.24, 2.45) is 11.7 Å². The molecular weight excluding hydrogens is 354 g/mol. The number of thiophene rings is 1. The van der Waals surface area contributed by atoms with E-state index >= 15 is 0 Å². The summed E-state index contributed by atoms with van der Waals surface area (Å²) in [5.74, 6) is 2.13. The second-order valence-electron chi connectivity index (χ2n) is 7.17. The van der Waals surface area contributed by atoms with Gasteiger partial charge in [-0.15, -0.1) is 21.5 Å². The van der Waals surface area contributed by atoms with Crippen LogP contribution in [0.2, 0.25) is 0 Å². The highest BCUT2D eigenvalue weighted by molar-refractivity contribution is 7.99. The zero-order valence-electron chi connectivity index (χ0n) is 14.0. The van der Waals surface area contributed by atoms with Crippen molar-refractivity contribution in [1.29, 1.82) is 0 Å². The van der Waals surface area contributed by atoms with E-state index in [1.54, 1.807) is 0 Å². The monoisotopic (exact) mass is 373 g/mol. The summed E-state index contributed by atoms with van der Waals surface area (Å²) in [6.45, 7) is 2.32. The van der Waals surface area contributed by atoms with E-state index in [0.717, 1.165) is 53.1 Å². The van der Waals surface area contributed by atoms with Crippen LogP contribution in [0.3, 0.4) is 0 Å². The Morgan fingerprint density at radius 1 is 1.36 bits per heavy atom. The number of nitrogens with two attached hydrogens (primary N) is 1. The molecule has 1 fully saturated rings. The van der Waals surface area contributed by atoms with Crippen molar-refractivity contribution < 1.29 is 4.79 Å². The van der Waals surface area contributed by atoms with Crippen LogP contribution in [-0.2, 0) is 17.6 Å². The first-order valence-corrected chi connectivity index (χ1v) is 10.5. The number of hydrogen-bond donors (Lipinski definition) is 1. The van der Waals surface area contributed by atoms with E-state index < -0.39 is 0 Å². The highest BCUT2D eigenvalue weighted by Crippen LogP contribution is 2.44. The van der Waals surface area contributed by atoms with Crippen LogP contribution < -0.4 is 5.73 Å². The van der Waals surface area contributed by atoms with Crippen LogP contribution in [0.15, 0.2) is 5.16 Å². The van der Waals surface area contributed by atoms with Crippen LogP contribution >= 0.6 is 23.1 Å². The van der Waals surface area contributed by atoms with Crippen molar-refractivity contribution in [2.75, 3.05) is 5.75 Å². The molecule has 5 rings (SSSR count).